The van der Waals surface area contributed by atoms with E-state index in [9.17, 15) is 0 Å². The molecule has 1 heterocycles. The zero-order chi connectivity index (χ0) is 9.68. The van der Waals surface area contributed by atoms with E-state index in [2.05, 4.69) is 15.0 Å². The number of aliphatic hydroxyl groups excluding tert-OH is 1. The molecule has 0 radical (unpaired) electrons. The Kier molecular flexibility index (Phi) is 4.20. The molecule has 1 N–H and O–H groups in total. The van der Waals surface area contributed by atoms with Gasteiger partial charge >= 0.3 is 6.01 Å². The molecule has 5 nitrogen and oxygen atoms in total. The van der Waals surface area contributed by atoms with Gasteiger partial charge in [-0.05, 0) is 11.6 Å². The number of hydrogen-bond acceptors (Lipinski definition) is 6. The lowest BCUT2D eigenvalue weighted by atomic mass is 10.9. The van der Waals surface area contributed by atoms with Gasteiger partial charge < -0.3 is 9.84 Å². The Morgan fingerprint density at radius 3 is 2.85 bits per heavy atom. The van der Waals surface area contributed by atoms with Crippen molar-refractivity contribution in [2.45, 2.75) is 5.16 Å². The van der Waals surface area contributed by atoms with Gasteiger partial charge in [-0.25, -0.2) is 0 Å². The van der Waals surface area contributed by atoms with Gasteiger partial charge in [-0.15, -0.1) is 0 Å². The second kappa shape index (κ2) is 5.21. The van der Waals surface area contributed by atoms with E-state index in [4.69, 9.17) is 21.4 Å². The summed E-state index contributed by atoms with van der Waals surface area (Å²) in [6.07, 6.45) is 0. The van der Waals surface area contributed by atoms with Gasteiger partial charge in [0.05, 0.1) is 13.7 Å². The van der Waals surface area contributed by atoms with E-state index < -0.39 is 0 Å². The predicted octanol–water partition coefficient (Wildman–Crippen LogP) is 0.618. The quantitative estimate of drug-likeness (QED) is 0.752. The largest absolute Gasteiger partial charge is 0.467 e. The SMILES string of the molecule is COc1nc(Cl)nc(SCCO)n1. The van der Waals surface area contributed by atoms with Gasteiger partial charge in [0.25, 0.3) is 0 Å². The first-order valence-electron chi connectivity index (χ1n) is 3.45. The van der Waals surface area contributed by atoms with Crippen molar-refractivity contribution in [3.05, 3.63) is 5.28 Å². The van der Waals surface area contributed by atoms with Gasteiger partial charge in [-0.3, -0.25) is 0 Å². The van der Waals surface area contributed by atoms with Gasteiger partial charge in [0.2, 0.25) is 5.28 Å². The van der Waals surface area contributed by atoms with E-state index in [1.165, 1.54) is 18.9 Å². The smallest absolute Gasteiger partial charge is 0.321 e. The molecule has 0 aliphatic rings. The molecule has 72 valence electrons. The molecule has 0 aromatic carbocycles. The van der Waals surface area contributed by atoms with E-state index in [1.807, 2.05) is 0 Å². The van der Waals surface area contributed by atoms with Crippen LogP contribution in [0.3, 0.4) is 0 Å². The Bertz CT molecular complexity index is 287. The summed E-state index contributed by atoms with van der Waals surface area (Å²) in [6, 6.07) is 0.181. The van der Waals surface area contributed by atoms with Crippen LogP contribution in [0.1, 0.15) is 0 Å². The van der Waals surface area contributed by atoms with Crippen molar-refractivity contribution >= 4 is 23.4 Å². The first kappa shape index (κ1) is 10.5. The van der Waals surface area contributed by atoms with Crippen molar-refractivity contribution in [1.82, 2.24) is 15.0 Å². The fourth-order valence-electron chi connectivity index (χ4n) is 0.607. The first-order chi connectivity index (χ1) is 6.26. The lowest BCUT2D eigenvalue weighted by Gasteiger charge is -2.00. The van der Waals surface area contributed by atoms with Crippen LogP contribution in [0.4, 0.5) is 0 Å². The normalized spacial score (nSPS) is 10.1. The van der Waals surface area contributed by atoms with Crippen LogP contribution in [0, 0.1) is 0 Å². The lowest BCUT2D eigenvalue weighted by Crippen LogP contribution is -1.98. The summed E-state index contributed by atoms with van der Waals surface area (Å²) >= 11 is 6.88. The standard InChI is InChI=1S/C6H8ClN3O2S/c1-12-5-8-4(7)9-6(10-5)13-3-2-11/h11H,2-3H2,1H3. The zero-order valence-electron chi connectivity index (χ0n) is 6.90. The number of aromatic nitrogens is 3. The van der Waals surface area contributed by atoms with E-state index in [-0.39, 0.29) is 17.9 Å². The molecule has 0 fully saturated rings. The number of methoxy groups -OCH3 is 1. The molecule has 0 unspecified atom stereocenters. The van der Waals surface area contributed by atoms with Crippen molar-refractivity contribution in [2.24, 2.45) is 0 Å². The van der Waals surface area contributed by atoms with Crippen LogP contribution in [0.15, 0.2) is 5.16 Å². The Morgan fingerprint density at radius 2 is 2.23 bits per heavy atom. The molecule has 13 heavy (non-hydrogen) atoms. The highest BCUT2D eigenvalue weighted by molar-refractivity contribution is 7.99. The third-order valence-corrected chi connectivity index (χ3v) is 2.07. The van der Waals surface area contributed by atoms with Gasteiger partial charge in [0.1, 0.15) is 0 Å². The summed E-state index contributed by atoms with van der Waals surface area (Å²) in [4.78, 5) is 11.5. The third kappa shape index (κ3) is 3.33. The maximum Gasteiger partial charge on any atom is 0.321 e. The fourth-order valence-corrected chi connectivity index (χ4v) is 1.38. The summed E-state index contributed by atoms with van der Waals surface area (Å²) < 4.78 is 4.79. The number of hydrogen-bond donors (Lipinski definition) is 1. The van der Waals surface area contributed by atoms with Crippen LogP contribution in [-0.4, -0.2) is 39.5 Å². The van der Waals surface area contributed by atoms with Crippen LogP contribution in [0.25, 0.3) is 0 Å². The van der Waals surface area contributed by atoms with Crippen molar-refractivity contribution in [3.63, 3.8) is 0 Å². The molecule has 0 bridgehead atoms. The Hall–Kier alpha value is -0.590. The van der Waals surface area contributed by atoms with Crippen molar-refractivity contribution in [3.8, 4) is 6.01 Å². The molecule has 0 saturated heterocycles. The number of rotatable bonds is 4. The average molecular weight is 222 g/mol. The monoisotopic (exact) mass is 221 g/mol. The number of thioether (sulfide) groups is 1. The number of nitrogens with zero attached hydrogens (tertiary/aromatic N) is 3. The zero-order valence-corrected chi connectivity index (χ0v) is 8.47. The molecular weight excluding hydrogens is 214 g/mol. The summed E-state index contributed by atoms with van der Waals surface area (Å²) in [5, 5.41) is 9.11. The molecule has 7 heteroatoms. The highest BCUT2D eigenvalue weighted by atomic mass is 35.5. The third-order valence-electron chi connectivity index (χ3n) is 1.07. The van der Waals surface area contributed by atoms with Crippen LogP contribution in [0.5, 0.6) is 6.01 Å². The Labute approximate surface area is 84.5 Å². The molecule has 1 aromatic rings. The molecule has 0 saturated carbocycles. The minimum atomic E-state index is 0.0658. The van der Waals surface area contributed by atoms with Gasteiger partial charge in [-0.2, -0.15) is 15.0 Å². The topological polar surface area (TPSA) is 68.1 Å². The molecule has 0 aliphatic carbocycles. The summed E-state index contributed by atoms with van der Waals surface area (Å²) in [5.74, 6) is 0.517. The van der Waals surface area contributed by atoms with Crippen molar-refractivity contribution in [1.29, 1.82) is 0 Å². The van der Waals surface area contributed by atoms with E-state index in [1.54, 1.807) is 0 Å². The van der Waals surface area contributed by atoms with Crippen LogP contribution >= 0.6 is 23.4 Å². The Morgan fingerprint density at radius 1 is 1.46 bits per heavy atom. The summed E-state index contributed by atoms with van der Waals surface area (Å²) in [6.45, 7) is 0.0658. The average Bonchev–Trinajstić information content (AvgIpc) is 2.14. The van der Waals surface area contributed by atoms with Gasteiger partial charge in [0.15, 0.2) is 5.16 Å². The molecule has 1 aromatic heterocycles. The van der Waals surface area contributed by atoms with Gasteiger partial charge in [0, 0.05) is 5.75 Å². The fraction of sp³-hybridized carbons (Fsp3) is 0.500. The molecule has 1 rings (SSSR count). The van der Waals surface area contributed by atoms with Crippen LogP contribution < -0.4 is 4.74 Å². The van der Waals surface area contributed by atoms with Crippen molar-refractivity contribution < 1.29 is 9.84 Å². The molecule has 0 atom stereocenters. The lowest BCUT2D eigenvalue weighted by molar-refractivity contribution is 0.322. The van der Waals surface area contributed by atoms with E-state index in [0.29, 0.717) is 10.9 Å². The van der Waals surface area contributed by atoms with Gasteiger partial charge in [-0.1, -0.05) is 11.8 Å². The molecular formula is C6H8ClN3O2S. The highest BCUT2D eigenvalue weighted by Crippen LogP contribution is 2.16. The second-order valence-electron chi connectivity index (χ2n) is 1.95. The first-order valence-corrected chi connectivity index (χ1v) is 4.82. The minimum Gasteiger partial charge on any atom is -0.467 e. The maximum absolute atomic E-state index is 8.57. The maximum atomic E-state index is 8.57. The van der Waals surface area contributed by atoms with E-state index in [0.717, 1.165) is 0 Å². The number of ether oxygens (including phenoxy) is 1. The Balaban J connectivity index is 2.76. The van der Waals surface area contributed by atoms with E-state index >= 15 is 0 Å². The number of aliphatic hydroxyl groups is 1. The van der Waals surface area contributed by atoms with Crippen molar-refractivity contribution in [2.75, 3.05) is 19.5 Å². The second-order valence-corrected chi connectivity index (χ2v) is 3.35. The van der Waals surface area contributed by atoms with Crippen LogP contribution in [0.2, 0.25) is 5.28 Å². The van der Waals surface area contributed by atoms with Crippen LogP contribution in [-0.2, 0) is 0 Å². The highest BCUT2D eigenvalue weighted by Gasteiger charge is 2.04. The minimum absolute atomic E-state index is 0.0658. The summed E-state index contributed by atoms with van der Waals surface area (Å²) in [7, 11) is 1.45. The summed E-state index contributed by atoms with van der Waals surface area (Å²) in [5.41, 5.74) is 0. The molecule has 0 amide bonds. The number of halogens is 1. The molecule has 0 aliphatic heterocycles. The molecule has 0 spiro atoms. The predicted molar refractivity (Wildman–Crippen MR) is 49.2 cm³/mol.